The van der Waals surface area contributed by atoms with Crippen molar-refractivity contribution in [2.24, 2.45) is 0 Å². The Kier molecular flexibility index (Phi) is 3.03. The van der Waals surface area contributed by atoms with Crippen LogP contribution in [0, 0.1) is 0 Å². The van der Waals surface area contributed by atoms with Crippen molar-refractivity contribution in [3.05, 3.63) is 39.7 Å². The van der Waals surface area contributed by atoms with Gasteiger partial charge in [0.2, 0.25) is 5.76 Å². The predicted octanol–water partition coefficient (Wildman–Crippen LogP) is 2.75. The molecule has 0 saturated carbocycles. The van der Waals surface area contributed by atoms with E-state index in [-0.39, 0.29) is 12.4 Å². The first kappa shape index (κ1) is 10.2. The molecule has 0 bridgehead atoms. The topological polar surface area (TPSA) is 52.3 Å². The van der Waals surface area contributed by atoms with E-state index in [0.717, 1.165) is 4.88 Å². The Bertz CT molecular complexity index is 452. The number of hydrogen-bond donors (Lipinski definition) is 0. The molecule has 0 aliphatic rings. The number of aromatic nitrogens is 1. The lowest BCUT2D eigenvalue weighted by Gasteiger charge is -1.98. The molecule has 2 aromatic heterocycles. The zero-order valence-electron chi connectivity index (χ0n) is 7.47. The zero-order chi connectivity index (χ0) is 10.7. The molecule has 2 aromatic rings. The van der Waals surface area contributed by atoms with Crippen LogP contribution in [0.4, 0.5) is 0 Å². The van der Waals surface area contributed by atoms with Crippen LogP contribution >= 0.6 is 22.9 Å². The minimum atomic E-state index is -0.496. The van der Waals surface area contributed by atoms with Crippen LogP contribution in [-0.4, -0.2) is 11.0 Å². The predicted molar refractivity (Wildman–Crippen MR) is 55.0 cm³/mol. The maximum absolute atomic E-state index is 11.3. The Morgan fingerprint density at radius 3 is 3.13 bits per heavy atom. The molecule has 0 spiro atoms. The van der Waals surface area contributed by atoms with Crippen molar-refractivity contribution in [3.8, 4) is 0 Å². The molecule has 2 heterocycles. The van der Waals surface area contributed by atoms with Gasteiger partial charge in [0.05, 0.1) is 11.1 Å². The number of carbonyl (C=O) groups excluding carboxylic acids is 1. The van der Waals surface area contributed by atoms with E-state index < -0.39 is 5.97 Å². The smallest absolute Gasteiger partial charge is 0.374 e. The average Bonchev–Trinajstić information content (AvgIpc) is 2.84. The molecule has 0 N–H and O–H groups in total. The molecule has 0 fully saturated rings. The fourth-order valence-electron chi connectivity index (χ4n) is 0.953. The van der Waals surface area contributed by atoms with Crippen LogP contribution in [0.2, 0.25) is 4.47 Å². The Morgan fingerprint density at radius 1 is 1.67 bits per heavy atom. The van der Waals surface area contributed by atoms with Crippen molar-refractivity contribution in [3.63, 3.8) is 0 Å². The highest BCUT2D eigenvalue weighted by molar-refractivity contribution is 7.15. The Labute approximate surface area is 94.5 Å². The summed E-state index contributed by atoms with van der Waals surface area (Å²) in [7, 11) is 0. The van der Waals surface area contributed by atoms with Crippen molar-refractivity contribution in [2.75, 3.05) is 0 Å². The van der Waals surface area contributed by atoms with Crippen molar-refractivity contribution >= 4 is 28.9 Å². The molecule has 0 saturated heterocycles. The standard InChI is InChI=1S/C9H6ClNO3S/c10-9-11-4-6(15-9)5-14-8(12)7-2-1-3-13-7/h1-4H,5H2. The molecule has 6 heteroatoms. The van der Waals surface area contributed by atoms with Crippen molar-refractivity contribution in [1.82, 2.24) is 4.98 Å². The highest BCUT2D eigenvalue weighted by atomic mass is 35.5. The van der Waals surface area contributed by atoms with E-state index in [9.17, 15) is 4.79 Å². The van der Waals surface area contributed by atoms with Crippen LogP contribution in [0.1, 0.15) is 15.4 Å². The van der Waals surface area contributed by atoms with Crippen molar-refractivity contribution < 1.29 is 13.9 Å². The molecule has 4 nitrogen and oxygen atoms in total. The number of ether oxygens (including phenoxy) is 1. The number of esters is 1. The van der Waals surface area contributed by atoms with Crippen molar-refractivity contribution in [2.45, 2.75) is 6.61 Å². The Hall–Kier alpha value is -1.33. The number of rotatable bonds is 3. The van der Waals surface area contributed by atoms with E-state index in [1.807, 2.05) is 0 Å². The molecule has 0 aliphatic heterocycles. The number of nitrogens with zero attached hydrogens (tertiary/aromatic N) is 1. The van der Waals surface area contributed by atoms with Gasteiger partial charge in [-0.05, 0) is 12.1 Å². The quantitative estimate of drug-likeness (QED) is 0.778. The summed E-state index contributed by atoms with van der Waals surface area (Å²) in [6, 6.07) is 3.17. The third-order valence-electron chi connectivity index (χ3n) is 1.59. The van der Waals surface area contributed by atoms with Crippen LogP contribution in [0.3, 0.4) is 0 Å². The first-order valence-corrected chi connectivity index (χ1v) is 5.26. The van der Waals surface area contributed by atoms with E-state index in [1.165, 1.54) is 17.6 Å². The molecule has 0 aromatic carbocycles. The van der Waals surface area contributed by atoms with Gasteiger partial charge in [0, 0.05) is 6.20 Å². The van der Waals surface area contributed by atoms with E-state index in [1.54, 1.807) is 18.3 Å². The second-order valence-corrected chi connectivity index (χ2v) is 4.33. The number of furan rings is 1. The largest absolute Gasteiger partial charge is 0.457 e. The zero-order valence-corrected chi connectivity index (χ0v) is 9.05. The summed E-state index contributed by atoms with van der Waals surface area (Å²) in [5.74, 6) is -0.310. The first-order valence-electron chi connectivity index (χ1n) is 4.06. The van der Waals surface area contributed by atoms with Gasteiger partial charge in [-0.1, -0.05) is 11.6 Å². The molecule has 0 radical (unpaired) electrons. The van der Waals surface area contributed by atoms with E-state index in [2.05, 4.69) is 4.98 Å². The van der Waals surface area contributed by atoms with Crippen LogP contribution in [0.25, 0.3) is 0 Å². The molecule has 78 valence electrons. The highest BCUT2D eigenvalue weighted by Crippen LogP contribution is 2.18. The number of thiazole rings is 1. The van der Waals surface area contributed by atoms with Crippen LogP contribution in [-0.2, 0) is 11.3 Å². The fraction of sp³-hybridized carbons (Fsp3) is 0.111. The second kappa shape index (κ2) is 4.46. The average molecular weight is 244 g/mol. The maximum Gasteiger partial charge on any atom is 0.374 e. The lowest BCUT2D eigenvalue weighted by atomic mass is 10.4. The molecule has 15 heavy (non-hydrogen) atoms. The third kappa shape index (κ3) is 2.57. The van der Waals surface area contributed by atoms with Crippen LogP contribution in [0.5, 0.6) is 0 Å². The third-order valence-corrected chi connectivity index (χ3v) is 2.68. The highest BCUT2D eigenvalue weighted by Gasteiger charge is 2.10. The van der Waals surface area contributed by atoms with Gasteiger partial charge in [-0.25, -0.2) is 9.78 Å². The summed E-state index contributed by atoms with van der Waals surface area (Å²) in [5, 5.41) is 0. The minimum absolute atomic E-state index is 0.157. The molecule has 0 aliphatic carbocycles. The molecule has 2 rings (SSSR count). The van der Waals surface area contributed by atoms with Gasteiger partial charge in [0.25, 0.3) is 0 Å². The van der Waals surface area contributed by atoms with Crippen LogP contribution < -0.4 is 0 Å². The fourth-order valence-corrected chi connectivity index (χ4v) is 1.84. The Morgan fingerprint density at radius 2 is 2.53 bits per heavy atom. The molecular formula is C9H6ClNO3S. The van der Waals surface area contributed by atoms with Gasteiger partial charge in [-0.3, -0.25) is 0 Å². The minimum Gasteiger partial charge on any atom is -0.457 e. The van der Waals surface area contributed by atoms with E-state index >= 15 is 0 Å². The Balaban J connectivity index is 1.91. The molecule has 0 unspecified atom stereocenters. The van der Waals surface area contributed by atoms with Crippen molar-refractivity contribution in [1.29, 1.82) is 0 Å². The lowest BCUT2D eigenvalue weighted by molar-refractivity contribution is 0.0440. The SMILES string of the molecule is O=C(OCc1cnc(Cl)s1)c1ccco1. The monoisotopic (exact) mass is 243 g/mol. The molecular weight excluding hydrogens is 238 g/mol. The summed E-state index contributed by atoms with van der Waals surface area (Å²) in [6.07, 6.45) is 2.99. The van der Waals surface area contributed by atoms with E-state index in [0.29, 0.717) is 4.47 Å². The summed E-state index contributed by atoms with van der Waals surface area (Å²) in [6.45, 7) is 0.157. The van der Waals surface area contributed by atoms with Gasteiger partial charge in [0.1, 0.15) is 6.61 Å². The van der Waals surface area contributed by atoms with Gasteiger partial charge < -0.3 is 9.15 Å². The summed E-state index contributed by atoms with van der Waals surface area (Å²) in [5.41, 5.74) is 0. The van der Waals surface area contributed by atoms with Crippen LogP contribution in [0.15, 0.2) is 29.0 Å². The number of carbonyl (C=O) groups is 1. The summed E-state index contributed by atoms with van der Waals surface area (Å²) in [4.78, 5) is 15.9. The molecule has 0 atom stereocenters. The first-order chi connectivity index (χ1) is 7.25. The summed E-state index contributed by atoms with van der Waals surface area (Å²) < 4.78 is 10.3. The number of halogens is 1. The summed E-state index contributed by atoms with van der Waals surface area (Å²) >= 11 is 6.90. The van der Waals surface area contributed by atoms with Gasteiger partial charge >= 0.3 is 5.97 Å². The van der Waals surface area contributed by atoms with E-state index in [4.69, 9.17) is 20.8 Å². The van der Waals surface area contributed by atoms with Gasteiger partial charge in [-0.2, -0.15) is 0 Å². The van der Waals surface area contributed by atoms with Gasteiger partial charge in [-0.15, -0.1) is 11.3 Å². The normalized spacial score (nSPS) is 10.2. The van der Waals surface area contributed by atoms with Gasteiger partial charge in [0.15, 0.2) is 4.47 Å². The lowest BCUT2D eigenvalue weighted by Crippen LogP contribution is -2.02. The maximum atomic E-state index is 11.3. The number of hydrogen-bond acceptors (Lipinski definition) is 5. The second-order valence-electron chi connectivity index (χ2n) is 2.63. The molecule has 0 amide bonds.